The summed E-state index contributed by atoms with van der Waals surface area (Å²) in [6, 6.07) is 5.90. The number of nitrogens with one attached hydrogen (secondary N) is 1. The van der Waals surface area contributed by atoms with Crippen LogP contribution in [-0.2, 0) is 9.53 Å². The molecular weight excluding hydrogens is 246 g/mol. The molecule has 0 aromatic heterocycles. The fraction of sp³-hybridized carbons (Fsp3) is 0.429. The Bertz CT molecular complexity index is 477. The Morgan fingerprint density at radius 1 is 1.26 bits per heavy atom. The summed E-state index contributed by atoms with van der Waals surface area (Å²) in [6.45, 7) is 6.84. The summed E-state index contributed by atoms with van der Waals surface area (Å²) in [7, 11) is 0. The van der Waals surface area contributed by atoms with E-state index < -0.39 is 23.6 Å². The molecule has 104 valence electrons. The van der Waals surface area contributed by atoms with Gasteiger partial charge in [0.25, 0.3) is 0 Å². The average molecular weight is 265 g/mol. The summed E-state index contributed by atoms with van der Waals surface area (Å²) in [5.74, 6) is -1.47. The minimum Gasteiger partial charge on any atom is -0.480 e. The first-order valence-corrected chi connectivity index (χ1v) is 6.02. The van der Waals surface area contributed by atoms with E-state index >= 15 is 0 Å². The third-order valence-corrected chi connectivity index (χ3v) is 2.29. The second kappa shape index (κ2) is 5.73. The summed E-state index contributed by atoms with van der Waals surface area (Å²) < 4.78 is 5.28. The van der Waals surface area contributed by atoms with Gasteiger partial charge in [-0.1, -0.05) is 12.1 Å². The van der Waals surface area contributed by atoms with Crippen molar-refractivity contribution in [3.63, 3.8) is 0 Å². The molecule has 0 fully saturated rings. The van der Waals surface area contributed by atoms with E-state index in [2.05, 4.69) is 5.32 Å². The van der Waals surface area contributed by atoms with Crippen LogP contribution in [0.15, 0.2) is 24.3 Å². The summed E-state index contributed by atoms with van der Waals surface area (Å²) in [4.78, 5) is 22.9. The Hall–Kier alpha value is -2.04. The number of carboxylic acids is 1. The lowest BCUT2D eigenvalue weighted by Crippen LogP contribution is -2.28. The van der Waals surface area contributed by atoms with E-state index in [-0.39, 0.29) is 0 Å². The molecular formula is C14H19NO4. The van der Waals surface area contributed by atoms with Crippen molar-refractivity contribution in [2.75, 3.05) is 5.32 Å². The first kappa shape index (κ1) is 15.0. The molecule has 0 amide bonds. The molecule has 19 heavy (non-hydrogen) atoms. The topological polar surface area (TPSA) is 75.6 Å². The van der Waals surface area contributed by atoms with Crippen molar-refractivity contribution in [3.8, 4) is 0 Å². The van der Waals surface area contributed by atoms with E-state index in [1.165, 1.54) is 6.92 Å². The van der Waals surface area contributed by atoms with Gasteiger partial charge in [0.2, 0.25) is 0 Å². The van der Waals surface area contributed by atoms with Crippen molar-refractivity contribution in [2.45, 2.75) is 39.3 Å². The zero-order valence-corrected chi connectivity index (χ0v) is 11.6. The van der Waals surface area contributed by atoms with Crippen LogP contribution in [0.3, 0.4) is 0 Å². The molecule has 1 atom stereocenters. The van der Waals surface area contributed by atoms with Crippen LogP contribution in [0.2, 0.25) is 0 Å². The maximum Gasteiger partial charge on any atom is 0.340 e. The van der Waals surface area contributed by atoms with Gasteiger partial charge in [0.15, 0.2) is 0 Å². The van der Waals surface area contributed by atoms with Crippen LogP contribution in [0.5, 0.6) is 0 Å². The number of aliphatic carboxylic acids is 1. The van der Waals surface area contributed by atoms with Crippen molar-refractivity contribution >= 4 is 17.6 Å². The highest BCUT2D eigenvalue weighted by molar-refractivity contribution is 5.96. The van der Waals surface area contributed by atoms with Gasteiger partial charge >= 0.3 is 11.9 Å². The largest absolute Gasteiger partial charge is 0.480 e. The molecule has 1 aromatic carbocycles. The Morgan fingerprint density at radius 2 is 1.84 bits per heavy atom. The lowest BCUT2D eigenvalue weighted by Gasteiger charge is -2.21. The number of esters is 1. The highest BCUT2D eigenvalue weighted by Gasteiger charge is 2.21. The number of carbonyl (C=O) groups is 2. The van der Waals surface area contributed by atoms with Crippen LogP contribution in [0.25, 0.3) is 0 Å². The predicted octanol–water partition coefficient (Wildman–Crippen LogP) is 2.53. The number of carboxylic acid groups (broad SMARTS) is 1. The number of anilines is 1. The maximum absolute atomic E-state index is 12.0. The molecule has 0 bridgehead atoms. The van der Waals surface area contributed by atoms with Crippen molar-refractivity contribution in [3.05, 3.63) is 29.8 Å². The van der Waals surface area contributed by atoms with Crippen molar-refractivity contribution in [1.82, 2.24) is 0 Å². The van der Waals surface area contributed by atoms with Crippen LogP contribution < -0.4 is 5.32 Å². The first-order valence-electron chi connectivity index (χ1n) is 6.02. The molecule has 0 aliphatic carbocycles. The van der Waals surface area contributed by atoms with Crippen LogP contribution in [0.1, 0.15) is 38.1 Å². The van der Waals surface area contributed by atoms with Crippen molar-refractivity contribution < 1.29 is 19.4 Å². The standard InChI is InChI=1S/C14H19NO4/c1-9(12(16)17)15-11-8-6-5-7-10(11)13(18)19-14(2,3)4/h5-9,15H,1-4H3,(H,16,17)/t9-/m0/s1. The SMILES string of the molecule is C[C@H](Nc1ccccc1C(=O)OC(C)(C)C)C(=O)O. The van der Waals surface area contributed by atoms with Crippen molar-refractivity contribution in [1.29, 1.82) is 0 Å². The van der Waals surface area contributed by atoms with E-state index in [9.17, 15) is 9.59 Å². The summed E-state index contributed by atoms with van der Waals surface area (Å²) in [5.41, 5.74) is 0.181. The molecule has 0 saturated carbocycles. The van der Waals surface area contributed by atoms with Crippen LogP contribution in [-0.4, -0.2) is 28.7 Å². The van der Waals surface area contributed by atoms with Crippen molar-refractivity contribution in [2.24, 2.45) is 0 Å². The van der Waals surface area contributed by atoms with E-state index in [4.69, 9.17) is 9.84 Å². The molecule has 5 heteroatoms. The van der Waals surface area contributed by atoms with E-state index in [0.717, 1.165) is 0 Å². The van der Waals surface area contributed by atoms with Gasteiger partial charge in [-0.15, -0.1) is 0 Å². The lowest BCUT2D eigenvalue weighted by atomic mass is 10.1. The molecule has 0 aliphatic heterocycles. The minimum absolute atomic E-state index is 0.325. The van der Waals surface area contributed by atoms with Gasteiger partial charge in [-0.2, -0.15) is 0 Å². The molecule has 2 N–H and O–H groups in total. The normalized spacial score (nSPS) is 12.6. The predicted molar refractivity (Wildman–Crippen MR) is 72.3 cm³/mol. The Morgan fingerprint density at radius 3 is 2.37 bits per heavy atom. The van der Waals surface area contributed by atoms with Gasteiger partial charge < -0.3 is 15.2 Å². The highest BCUT2D eigenvalue weighted by Crippen LogP contribution is 2.20. The zero-order chi connectivity index (χ0) is 14.6. The number of hydrogen-bond acceptors (Lipinski definition) is 4. The van der Waals surface area contributed by atoms with Gasteiger partial charge in [0.1, 0.15) is 11.6 Å². The number of benzene rings is 1. The first-order chi connectivity index (χ1) is 8.70. The molecule has 1 rings (SSSR count). The lowest BCUT2D eigenvalue weighted by molar-refractivity contribution is -0.137. The molecule has 0 radical (unpaired) electrons. The van der Waals surface area contributed by atoms with Gasteiger partial charge in [-0.25, -0.2) is 4.79 Å². The third kappa shape index (κ3) is 4.62. The average Bonchev–Trinajstić information content (AvgIpc) is 2.27. The van der Waals surface area contributed by atoms with E-state index in [1.54, 1.807) is 45.0 Å². The van der Waals surface area contributed by atoms with Crippen LogP contribution in [0, 0.1) is 0 Å². The Labute approximate surface area is 112 Å². The Kier molecular flexibility index (Phi) is 4.53. The number of rotatable bonds is 4. The maximum atomic E-state index is 12.0. The second-order valence-electron chi connectivity index (χ2n) is 5.25. The minimum atomic E-state index is -0.987. The molecule has 1 aromatic rings. The highest BCUT2D eigenvalue weighted by atomic mass is 16.6. The number of hydrogen-bond donors (Lipinski definition) is 2. The number of para-hydroxylation sites is 1. The van der Waals surface area contributed by atoms with E-state index in [1.807, 2.05) is 0 Å². The second-order valence-corrected chi connectivity index (χ2v) is 5.25. The summed E-state index contributed by atoms with van der Waals surface area (Å²) in [6.07, 6.45) is 0. The van der Waals surface area contributed by atoms with Gasteiger partial charge in [-0.3, -0.25) is 4.79 Å². The van der Waals surface area contributed by atoms with E-state index in [0.29, 0.717) is 11.3 Å². The monoisotopic (exact) mass is 265 g/mol. The molecule has 0 unspecified atom stereocenters. The zero-order valence-electron chi connectivity index (χ0n) is 11.6. The molecule has 5 nitrogen and oxygen atoms in total. The number of ether oxygens (including phenoxy) is 1. The Balaban J connectivity index is 2.96. The number of carbonyl (C=O) groups excluding carboxylic acids is 1. The molecule has 0 saturated heterocycles. The third-order valence-electron chi connectivity index (χ3n) is 2.29. The molecule has 0 aliphatic rings. The van der Waals surface area contributed by atoms with Gasteiger partial charge in [-0.05, 0) is 39.8 Å². The van der Waals surface area contributed by atoms with Crippen LogP contribution in [0.4, 0.5) is 5.69 Å². The van der Waals surface area contributed by atoms with Gasteiger partial charge in [0.05, 0.1) is 5.56 Å². The fourth-order valence-electron chi connectivity index (χ4n) is 1.42. The molecule has 0 heterocycles. The summed E-state index contributed by atoms with van der Waals surface area (Å²) >= 11 is 0. The summed E-state index contributed by atoms with van der Waals surface area (Å²) in [5, 5.41) is 11.7. The quantitative estimate of drug-likeness (QED) is 0.818. The smallest absolute Gasteiger partial charge is 0.340 e. The van der Waals surface area contributed by atoms with Crippen LogP contribution >= 0.6 is 0 Å². The molecule has 0 spiro atoms. The fourth-order valence-corrected chi connectivity index (χ4v) is 1.42. The van der Waals surface area contributed by atoms with Gasteiger partial charge in [0, 0.05) is 5.69 Å².